The molecule has 0 saturated carbocycles. The van der Waals surface area contributed by atoms with Gasteiger partial charge >= 0.3 is 0 Å². The van der Waals surface area contributed by atoms with Gasteiger partial charge in [0.15, 0.2) is 0 Å². The normalized spacial score (nSPS) is 10.7. The molecule has 0 aliphatic carbocycles. The van der Waals surface area contributed by atoms with E-state index in [0.717, 1.165) is 35.9 Å². The largest absolute Gasteiger partial charge is 0.311 e. The molecule has 2 aromatic rings. The van der Waals surface area contributed by atoms with Crippen LogP contribution >= 0.6 is 11.6 Å². The molecule has 4 nitrogen and oxygen atoms in total. The standard InChI is InChI=1S/C12H15ClN4/c1-2-7-14-8-11-9-17(16-15-11)12-5-3-10(13)4-6-12/h3-6,9,14H,2,7-8H2,1H3. The van der Waals surface area contributed by atoms with E-state index in [2.05, 4.69) is 22.6 Å². The molecule has 0 unspecified atom stereocenters. The van der Waals surface area contributed by atoms with Crippen molar-refractivity contribution in [3.05, 3.63) is 41.2 Å². The van der Waals surface area contributed by atoms with Crippen molar-refractivity contribution in [3.63, 3.8) is 0 Å². The lowest BCUT2D eigenvalue weighted by Crippen LogP contribution is -2.13. The molecule has 1 N–H and O–H groups in total. The van der Waals surface area contributed by atoms with Crippen LogP contribution in [0.25, 0.3) is 5.69 Å². The second-order valence-electron chi connectivity index (χ2n) is 3.81. The van der Waals surface area contributed by atoms with E-state index in [9.17, 15) is 0 Å². The highest BCUT2D eigenvalue weighted by Crippen LogP contribution is 2.12. The van der Waals surface area contributed by atoms with Gasteiger partial charge in [-0.25, -0.2) is 4.68 Å². The molecule has 0 aliphatic heterocycles. The third-order valence-electron chi connectivity index (χ3n) is 2.36. The Morgan fingerprint density at radius 3 is 2.76 bits per heavy atom. The lowest BCUT2D eigenvalue weighted by molar-refractivity contribution is 0.662. The SMILES string of the molecule is CCCNCc1cn(-c2ccc(Cl)cc2)nn1. The minimum atomic E-state index is 0.721. The van der Waals surface area contributed by atoms with Gasteiger partial charge in [-0.2, -0.15) is 0 Å². The Kier molecular flexibility index (Phi) is 4.12. The van der Waals surface area contributed by atoms with Gasteiger partial charge in [0, 0.05) is 11.6 Å². The lowest BCUT2D eigenvalue weighted by Gasteiger charge is -1.99. The maximum atomic E-state index is 5.83. The average Bonchev–Trinajstić information content (AvgIpc) is 2.79. The highest BCUT2D eigenvalue weighted by Gasteiger charge is 2.02. The van der Waals surface area contributed by atoms with Gasteiger partial charge in [0.25, 0.3) is 0 Å². The second kappa shape index (κ2) is 5.80. The third-order valence-corrected chi connectivity index (χ3v) is 2.62. The van der Waals surface area contributed by atoms with E-state index in [4.69, 9.17) is 11.6 Å². The highest BCUT2D eigenvalue weighted by atomic mass is 35.5. The molecule has 1 aromatic carbocycles. The quantitative estimate of drug-likeness (QED) is 0.829. The molecule has 0 amide bonds. The van der Waals surface area contributed by atoms with Gasteiger partial charge in [0.2, 0.25) is 0 Å². The van der Waals surface area contributed by atoms with Crippen LogP contribution in [0.2, 0.25) is 5.02 Å². The van der Waals surface area contributed by atoms with E-state index in [-0.39, 0.29) is 0 Å². The van der Waals surface area contributed by atoms with Crippen LogP contribution in [0.1, 0.15) is 19.0 Å². The number of rotatable bonds is 5. The number of benzene rings is 1. The van der Waals surface area contributed by atoms with Crippen LogP contribution in [0.3, 0.4) is 0 Å². The summed E-state index contributed by atoms with van der Waals surface area (Å²) in [6.45, 7) is 3.88. The van der Waals surface area contributed by atoms with Crippen molar-refractivity contribution in [2.75, 3.05) is 6.54 Å². The average molecular weight is 251 g/mol. The predicted molar refractivity (Wildman–Crippen MR) is 68.4 cm³/mol. The number of hydrogen-bond acceptors (Lipinski definition) is 3. The van der Waals surface area contributed by atoms with Crippen LogP contribution in [0, 0.1) is 0 Å². The number of nitrogens with one attached hydrogen (secondary N) is 1. The van der Waals surface area contributed by atoms with Crippen LogP contribution in [0.15, 0.2) is 30.5 Å². The van der Waals surface area contributed by atoms with E-state index in [1.165, 1.54) is 0 Å². The molecule has 0 aliphatic rings. The highest BCUT2D eigenvalue weighted by molar-refractivity contribution is 6.30. The molecule has 0 spiro atoms. The molecule has 0 radical (unpaired) electrons. The third kappa shape index (κ3) is 3.28. The molecule has 1 aromatic heterocycles. The summed E-state index contributed by atoms with van der Waals surface area (Å²) in [5.41, 5.74) is 1.90. The fourth-order valence-corrected chi connectivity index (χ4v) is 1.62. The second-order valence-corrected chi connectivity index (χ2v) is 4.24. The molecule has 1 heterocycles. The van der Waals surface area contributed by atoms with Crippen LogP contribution in [0.4, 0.5) is 0 Å². The summed E-state index contributed by atoms with van der Waals surface area (Å²) in [5, 5.41) is 12.2. The Morgan fingerprint density at radius 2 is 2.06 bits per heavy atom. The van der Waals surface area contributed by atoms with E-state index in [1.807, 2.05) is 30.5 Å². The smallest absolute Gasteiger partial charge is 0.0969 e. The fraction of sp³-hybridized carbons (Fsp3) is 0.333. The van der Waals surface area contributed by atoms with Crippen molar-refractivity contribution < 1.29 is 0 Å². The zero-order chi connectivity index (χ0) is 12.1. The van der Waals surface area contributed by atoms with Crippen molar-refractivity contribution >= 4 is 11.6 Å². The van der Waals surface area contributed by atoms with Crippen molar-refractivity contribution in [3.8, 4) is 5.69 Å². The molecule has 0 fully saturated rings. The summed E-state index contributed by atoms with van der Waals surface area (Å²) < 4.78 is 1.75. The van der Waals surface area contributed by atoms with Crippen molar-refractivity contribution in [1.29, 1.82) is 0 Å². The lowest BCUT2D eigenvalue weighted by atomic mass is 10.3. The van der Waals surface area contributed by atoms with Gasteiger partial charge in [-0.15, -0.1) is 5.10 Å². The Hall–Kier alpha value is -1.39. The fourth-order valence-electron chi connectivity index (χ4n) is 1.49. The summed E-state index contributed by atoms with van der Waals surface area (Å²) in [5.74, 6) is 0. The topological polar surface area (TPSA) is 42.7 Å². The number of nitrogens with zero attached hydrogens (tertiary/aromatic N) is 3. The molecule has 5 heteroatoms. The molecule has 0 bridgehead atoms. The van der Waals surface area contributed by atoms with E-state index in [0.29, 0.717) is 0 Å². The first kappa shape index (κ1) is 12.1. The van der Waals surface area contributed by atoms with Gasteiger partial charge < -0.3 is 5.32 Å². The molecular weight excluding hydrogens is 236 g/mol. The Morgan fingerprint density at radius 1 is 1.29 bits per heavy atom. The Bertz CT molecular complexity index is 464. The van der Waals surface area contributed by atoms with E-state index >= 15 is 0 Å². The van der Waals surface area contributed by atoms with Gasteiger partial charge in [0.1, 0.15) is 0 Å². The predicted octanol–water partition coefficient (Wildman–Crippen LogP) is 2.42. The molecular formula is C12H15ClN4. The van der Waals surface area contributed by atoms with Crippen molar-refractivity contribution in [1.82, 2.24) is 20.3 Å². The minimum absolute atomic E-state index is 0.721. The molecule has 2 rings (SSSR count). The zero-order valence-corrected chi connectivity index (χ0v) is 10.5. The minimum Gasteiger partial charge on any atom is -0.311 e. The van der Waals surface area contributed by atoms with Crippen molar-refractivity contribution in [2.45, 2.75) is 19.9 Å². The summed E-state index contributed by atoms with van der Waals surface area (Å²) >= 11 is 5.83. The van der Waals surface area contributed by atoms with Gasteiger partial charge in [-0.05, 0) is 37.2 Å². The van der Waals surface area contributed by atoms with Crippen LogP contribution in [0.5, 0.6) is 0 Å². The zero-order valence-electron chi connectivity index (χ0n) is 9.73. The maximum absolute atomic E-state index is 5.83. The van der Waals surface area contributed by atoms with Gasteiger partial charge in [-0.1, -0.05) is 23.7 Å². The number of hydrogen-bond donors (Lipinski definition) is 1. The molecule has 0 saturated heterocycles. The first-order valence-corrected chi connectivity index (χ1v) is 6.05. The Labute approximate surface area is 106 Å². The van der Waals surface area contributed by atoms with Crippen LogP contribution in [-0.2, 0) is 6.54 Å². The molecule has 17 heavy (non-hydrogen) atoms. The summed E-state index contributed by atoms with van der Waals surface area (Å²) in [4.78, 5) is 0. The van der Waals surface area contributed by atoms with Crippen LogP contribution < -0.4 is 5.32 Å². The van der Waals surface area contributed by atoms with Gasteiger partial charge in [0.05, 0.1) is 17.6 Å². The Balaban J connectivity index is 2.04. The first-order valence-electron chi connectivity index (χ1n) is 5.67. The summed E-state index contributed by atoms with van der Waals surface area (Å²) in [7, 11) is 0. The first-order chi connectivity index (χ1) is 8.29. The summed E-state index contributed by atoms with van der Waals surface area (Å²) in [6, 6.07) is 7.52. The summed E-state index contributed by atoms with van der Waals surface area (Å²) in [6.07, 6.45) is 3.04. The monoisotopic (exact) mass is 250 g/mol. The number of aromatic nitrogens is 3. The van der Waals surface area contributed by atoms with E-state index in [1.54, 1.807) is 4.68 Å². The molecule has 90 valence electrons. The number of halogens is 1. The van der Waals surface area contributed by atoms with Crippen molar-refractivity contribution in [2.24, 2.45) is 0 Å². The molecule has 0 atom stereocenters. The van der Waals surface area contributed by atoms with Crippen LogP contribution in [-0.4, -0.2) is 21.5 Å². The van der Waals surface area contributed by atoms with E-state index < -0.39 is 0 Å². The van der Waals surface area contributed by atoms with Gasteiger partial charge in [-0.3, -0.25) is 0 Å². The maximum Gasteiger partial charge on any atom is 0.0969 e.